The van der Waals surface area contributed by atoms with Crippen molar-refractivity contribution in [1.82, 2.24) is 9.71 Å². The lowest BCUT2D eigenvalue weighted by Crippen LogP contribution is -2.29. The first-order valence-corrected chi connectivity index (χ1v) is 7.11. The molecule has 1 rings (SSSR count). The first-order valence-electron chi connectivity index (χ1n) is 4.81. The van der Waals surface area contributed by atoms with Crippen molar-refractivity contribution in [2.24, 2.45) is 5.73 Å². The summed E-state index contributed by atoms with van der Waals surface area (Å²) < 4.78 is 25.9. The molecule has 1 amide bonds. The van der Waals surface area contributed by atoms with Crippen LogP contribution < -0.4 is 15.8 Å². The molecule has 4 N–H and O–H groups in total. The van der Waals surface area contributed by atoms with E-state index in [0.717, 1.165) is 11.3 Å². The molecule has 0 radical (unpaired) electrons. The molecule has 0 unspecified atom stereocenters. The number of nitrogens with two attached hydrogens (primary N) is 1. The quantitative estimate of drug-likeness (QED) is 0.681. The van der Waals surface area contributed by atoms with E-state index in [1.807, 2.05) is 0 Å². The second-order valence-electron chi connectivity index (χ2n) is 3.25. The second kappa shape index (κ2) is 5.54. The molecule has 0 aliphatic carbocycles. The summed E-state index contributed by atoms with van der Waals surface area (Å²) in [6, 6.07) is 0. The van der Waals surface area contributed by atoms with Crippen molar-refractivity contribution in [1.29, 1.82) is 0 Å². The number of thiazole rings is 1. The molecule has 0 atom stereocenters. The monoisotopic (exact) mass is 278 g/mol. The van der Waals surface area contributed by atoms with Gasteiger partial charge in [-0.25, -0.2) is 18.1 Å². The van der Waals surface area contributed by atoms with Crippen molar-refractivity contribution >= 4 is 32.4 Å². The molecule has 1 aromatic rings. The molecule has 96 valence electrons. The lowest BCUT2D eigenvalue weighted by molar-refractivity contribution is -0.114. The normalized spacial score (nSPS) is 11.5. The van der Waals surface area contributed by atoms with E-state index in [4.69, 9.17) is 5.73 Å². The van der Waals surface area contributed by atoms with Crippen LogP contribution in [0.3, 0.4) is 0 Å². The van der Waals surface area contributed by atoms with E-state index < -0.39 is 10.0 Å². The Hall–Kier alpha value is -1.03. The van der Waals surface area contributed by atoms with Crippen LogP contribution in [0.15, 0.2) is 5.03 Å². The number of sulfonamides is 1. The van der Waals surface area contributed by atoms with Gasteiger partial charge in [-0.15, -0.1) is 11.3 Å². The molecule has 0 aliphatic rings. The van der Waals surface area contributed by atoms with Gasteiger partial charge < -0.3 is 11.1 Å². The number of carbonyl (C=O) groups is 1. The van der Waals surface area contributed by atoms with E-state index in [9.17, 15) is 13.2 Å². The highest BCUT2D eigenvalue weighted by molar-refractivity contribution is 7.89. The summed E-state index contributed by atoms with van der Waals surface area (Å²) >= 11 is 1.11. The average molecular weight is 278 g/mol. The van der Waals surface area contributed by atoms with Crippen molar-refractivity contribution < 1.29 is 13.2 Å². The molecule has 0 spiro atoms. The van der Waals surface area contributed by atoms with E-state index >= 15 is 0 Å². The van der Waals surface area contributed by atoms with Gasteiger partial charge in [0.25, 0.3) is 10.0 Å². The number of rotatable bonds is 5. The minimum Gasteiger partial charge on any atom is -0.329 e. The zero-order chi connectivity index (χ0) is 13.1. The Bertz CT molecular complexity index is 509. The summed E-state index contributed by atoms with van der Waals surface area (Å²) in [6.45, 7) is 3.31. The summed E-state index contributed by atoms with van der Waals surface area (Å²) in [5.74, 6) is -0.294. The highest BCUT2D eigenvalue weighted by atomic mass is 32.2. The number of anilines is 1. The predicted molar refractivity (Wildman–Crippen MR) is 65.4 cm³/mol. The Morgan fingerprint density at radius 2 is 2.18 bits per heavy atom. The standard InChI is InChI=1S/C8H14N4O3S2/c1-5-7(17(14,15)10-4-3-9)12-8(16-5)11-6(2)13/h10H,3-4,9H2,1-2H3,(H,11,12,13). The molecule has 0 aliphatic heterocycles. The first-order chi connectivity index (χ1) is 7.86. The van der Waals surface area contributed by atoms with Crippen LogP contribution in [0.5, 0.6) is 0 Å². The summed E-state index contributed by atoms with van der Waals surface area (Å²) in [4.78, 5) is 15.2. The molecule has 0 saturated carbocycles. The van der Waals surface area contributed by atoms with Gasteiger partial charge >= 0.3 is 0 Å². The molecule has 0 saturated heterocycles. The fourth-order valence-corrected chi connectivity index (χ4v) is 3.48. The van der Waals surface area contributed by atoms with Gasteiger partial charge in [0, 0.05) is 24.9 Å². The maximum absolute atomic E-state index is 11.8. The lowest BCUT2D eigenvalue weighted by atomic mass is 10.6. The van der Waals surface area contributed by atoms with Gasteiger partial charge in [0.1, 0.15) is 0 Å². The van der Waals surface area contributed by atoms with Crippen molar-refractivity contribution in [3.8, 4) is 0 Å². The third kappa shape index (κ3) is 3.73. The Labute approximate surface area is 103 Å². The van der Waals surface area contributed by atoms with Gasteiger partial charge in [0.2, 0.25) is 5.91 Å². The number of hydrogen-bond acceptors (Lipinski definition) is 6. The van der Waals surface area contributed by atoms with Crippen LogP contribution in [0.4, 0.5) is 5.13 Å². The number of carbonyl (C=O) groups excluding carboxylic acids is 1. The van der Waals surface area contributed by atoms with E-state index in [0.29, 0.717) is 4.88 Å². The van der Waals surface area contributed by atoms with Crippen molar-refractivity contribution in [2.75, 3.05) is 18.4 Å². The van der Waals surface area contributed by atoms with E-state index in [-0.39, 0.29) is 29.2 Å². The van der Waals surface area contributed by atoms with E-state index in [2.05, 4.69) is 15.0 Å². The van der Waals surface area contributed by atoms with Crippen molar-refractivity contribution in [2.45, 2.75) is 18.9 Å². The molecule has 9 heteroatoms. The van der Waals surface area contributed by atoms with Gasteiger partial charge in [-0.2, -0.15) is 0 Å². The zero-order valence-corrected chi connectivity index (χ0v) is 11.1. The molecule has 0 fully saturated rings. The van der Waals surface area contributed by atoms with Crippen molar-refractivity contribution in [3.63, 3.8) is 0 Å². The maximum Gasteiger partial charge on any atom is 0.259 e. The molecule has 17 heavy (non-hydrogen) atoms. The Morgan fingerprint density at radius 1 is 1.53 bits per heavy atom. The lowest BCUT2D eigenvalue weighted by Gasteiger charge is -2.02. The highest BCUT2D eigenvalue weighted by Gasteiger charge is 2.21. The van der Waals surface area contributed by atoms with E-state index in [1.165, 1.54) is 6.92 Å². The molecule has 1 heterocycles. The summed E-state index contributed by atoms with van der Waals surface area (Å²) in [5, 5.41) is 2.64. The fourth-order valence-electron chi connectivity index (χ4n) is 1.10. The average Bonchev–Trinajstić information content (AvgIpc) is 2.56. The van der Waals surface area contributed by atoms with Gasteiger partial charge in [-0.05, 0) is 6.92 Å². The number of nitrogens with zero attached hydrogens (tertiary/aromatic N) is 1. The predicted octanol–water partition coefficient (Wildman–Crippen LogP) is -0.353. The SMILES string of the molecule is CC(=O)Nc1nc(S(=O)(=O)NCCN)c(C)s1. The van der Waals surface area contributed by atoms with Crippen LogP contribution in [-0.4, -0.2) is 32.4 Å². The minimum absolute atomic E-state index is 0.0697. The van der Waals surface area contributed by atoms with Gasteiger partial charge in [-0.1, -0.05) is 0 Å². The molecular weight excluding hydrogens is 264 g/mol. The van der Waals surface area contributed by atoms with Gasteiger partial charge in [-0.3, -0.25) is 4.79 Å². The molecule has 0 aromatic carbocycles. The largest absolute Gasteiger partial charge is 0.329 e. The molecule has 0 bridgehead atoms. The second-order valence-corrected chi connectivity index (χ2v) is 6.13. The van der Waals surface area contributed by atoms with Crippen molar-refractivity contribution in [3.05, 3.63) is 4.88 Å². The Kier molecular flexibility index (Phi) is 4.57. The van der Waals surface area contributed by atoms with Crippen LogP contribution in [0.1, 0.15) is 11.8 Å². The van der Waals surface area contributed by atoms with Crippen LogP contribution in [0, 0.1) is 6.92 Å². The summed E-state index contributed by atoms with van der Waals surface area (Å²) in [5.41, 5.74) is 5.22. The third-order valence-corrected chi connectivity index (χ3v) is 4.23. The van der Waals surface area contributed by atoms with Crippen LogP contribution in [0.2, 0.25) is 0 Å². The van der Waals surface area contributed by atoms with Crippen LogP contribution in [-0.2, 0) is 14.8 Å². The fraction of sp³-hybridized carbons (Fsp3) is 0.500. The molecule has 1 aromatic heterocycles. The summed E-state index contributed by atoms with van der Waals surface area (Å²) in [7, 11) is -3.65. The Morgan fingerprint density at radius 3 is 2.71 bits per heavy atom. The molecular formula is C8H14N4O3S2. The third-order valence-electron chi connectivity index (χ3n) is 1.73. The smallest absolute Gasteiger partial charge is 0.259 e. The highest BCUT2D eigenvalue weighted by Crippen LogP contribution is 2.25. The summed E-state index contributed by atoms with van der Waals surface area (Å²) in [6.07, 6.45) is 0. The zero-order valence-electron chi connectivity index (χ0n) is 9.48. The number of aryl methyl sites for hydroxylation is 1. The van der Waals surface area contributed by atoms with Gasteiger partial charge in [0.05, 0.1) is 0 Å². The number of aromatic nitrogens is 1. The van der Waals surface area contributed by atoms with Crippen LogP contribution >= 0.6 is 11.3 Å². The topological polar surface area (TPSA) is 114 Å². The minimum atomic E-state index is -3.65. The first kappa shape index (κ1) is 14.0. The molecule has 7 nitrogen and oxygen atoms in total. The number of amides is 1. The van der Waals surface area contributed by atoms with Crippen LogP contribution in [0.25, 0.3) is 0 Å². The number of nitrogens with one attached hydrogen (secondary N) is 2. The Balaban J connectivity index is 2.98. The van der Waals surface area contributed by atoms with E-state index in [1.54, 1.807) is 6.92 Å². The number of hydrogen-bond donors (Lipinski definition) is 3. The maximum atomic E-state index is 11.8. The van der Waals surface area contributed by atoms with Gasteiger partial charge in [0.15, 0.2) is 10.2 Å².